The van der Waals surface area contributed by atoms with E-state index in [1.165, 1.54) is 12.3 Å². The van der Waals surface area contributed by atoms with Crippen LogP contribution in [0.25, 0.3) is 0 Å². The molecule has 4 heteroatoms. The standard InChI is InChI=1S/C7H8O4/c1-2-5-11-7(10)4-3-6(8)9/h2-5H,1H3,(H,8,9)/b4-3-,5-2+. The summed E-state index contributed by atoms with van der Waals surface area (Å²) in [5.41, 5.74) is 0. The molecule has 0 amide bonds. The Kier molecular flexibility index (Phi) is 4.47. The van der Waals surface area contributed by atoms with Gasteiger partial charge < -0.3 is 9.84 Å². The fourth-order valence-electron chi connectivity index (χ4n) is 0.314. The zero-order chi connectivity index (χ0) is 8.69. The van der Waals surface area contributed by atoms with E-state index in [9.17, 15) is 9.59 Å². The zero-order valence-electron chi connectivity index (χ0n) is 5.98. The highest BCUT2D eigenvalue weighted by Gasteiger charge is 1.93. The summed E-state index contributed by atoms with van der Waals surface area (Å²) >= 11 is 0. The number of carbonyl (C=O) groups is 2. The van der Waals surface area contributed by atoms with E-state index in [1.54, 1.807) is 6.92 Å². The van der Waals surface area contributed by atoms with Crippen LogP contribution in [0.2, 0.25) is 0 Å². The third kappa shape index (κ3) is 6.30. The van der Waals surface area contributed by atoms with Gasteiger partial charge in [0.25, 0.3) is 0 Å². The quantitative estimate of drug-likeness (QED) is 0.371. The minimum Gasteiger partial charge on any atom is -0.478 e. The molecule has 60 valence electrons. The highest BCUT2D eigenvalue weighted by atomic mass is 16.5. The van der Waals surface area contributed by atoms with Gasteiger partial charge in [0.05, 0.1) is 6.26 Å². The SMILES string of the molecule is C/C=C/OC(=O)/C=C\C(=O)O. The molecule has 0 atom stereocenters. The number of carboxylic acids is 1. The Morgan fingerprint density at radius 3 is 2.45 bits per heavy atom. The molecule has 0 fully saturated rings. The average Bonchev–Trinajstić information content (AvgIpc) is 1.97. The molecule has 11 heavy (non-hydrogen) atoms. The second-order valence-electron chi connectivity index (χ2n) is 1.58. The third-order valence-electron chi connectivity index (χ3n) is 0.682. The van der Waals surface area contributed by atoms with Crippen molar-refractivity contribution in [2.45, 2.75) is 6.92 Å². The van der Waals surface area contributed by atoms with Gasteiger partial charge >= 0.3 is 11.9 Å². The summed E-state index contributed by atoms with van der Waals surface area (Å²) in [6.45, 7) is 1.67. The molecule has 0 aromatic rings. The number of ether oxygens (including phenoxy) is 1. The molecule has 0 saturated carbocycles. The van der Waals surface area contributed by atoms with Crippen molar-refractivity contribution in [1.82, 2.24) is 0 Å². The van der Waals surface area contributed by atoms with Crippen LogP contribution in [0.4, 0.5) is 0 Å². The van der Waals surface area contributed by atoms with Gasteiger partial charge in [-0.25, -0.2) is 9.59 Å². The Labute approximate surface area is 63.8 Å². The molecule has 0 heterocycles. The lowest BCUT2D eigenvalue weighted by Crippen LogP contribution is -1.96. The van der Waals surface area contributed by atoms with Crippen LogP contribution >= 0.6 is 0 Å². The summed E-state index contributed by atoms with van der Waals surface area (Å²) in [6.07, 6.45) is 4.25. The van der Waals surface area contributed by atoms with Crippen molar-refractivity contribution in [2.75, 3.05) is 0 Å². The Morgan fingerprint density at radius 2 is 2.00 bits per heavy atom. The van der Waals surface area contributed by atoms with Gasteiger partial charge in [-0.05, 0) is 6.92 Å². The maximum absolute atomic E-state index is 10.5. The Balaban J connectivity index is 3.78. The topological polar surface area (TPSA) is 63.6 Å². The Hall–Kier alpha value is -1.58. The maximum Gasteiger partial charge on any atom is 0.335 e. The van der Waals surface area contributed by atoms with Crippen molar-refractivity contribution in [3.63, 3.8) is 0 Å². The van der Waals surface area contributed by atoms with Crippen LogP contribution in [-0.4, -0.2) is 17.0 Å². The number of rotatable bonds is 3. The summed E-state index contributed by atoms with van der Waals surface area (Å²) in [5, 5.41) is 8.08. The van der Waals surface area contributed by atoms with Crippen LogP contribution in [0, 0.1) is 0 Å². The minimum absolute atomic E-state index is 0.703. The van der Waals surface area contributed by atoms with Gasteiger partial charge in [0.1, 0.15) is 0 Å². The molecular weight excluding hydrogens is 148 g/mol. The molecule has 1 N–H and O–H groups in total. The van der Waals surface area contributed by atoms with Gasteiger partial charge in [-0.3, -0.25) is 0 Å². The largest absolute Gasteiger partial charge is 0.478 e. The number of hydrogen-bond donors (Lipinski definition) is 1. The first kappa shape index (κ1) is 9.42. The smallest absolute Gasteiger partial charge is 0.335 e. The van der Waals surface area contributed by atoms with Crippen molar-refractivity contribution in [1.29, 1.82) is 0 Å². The molecular formula is C7H8O4. The Morgan fingerprint density at radius 1 is 1.36 bits per heavy atom. The fourth-order valence-corrected chi connectivity index (χ4v) is 0.314. The molecule has 0 radical (unpaired) electrons. The molecule has 0 aliphatic heterocycles. The van der Waals surface area contributed by atoms with Gasteiger partial charge in [0.15, 0.2) is 0 Å². The predicted octanol–water partition coefficient (Wildman–Crippen LogP) is 0.704. The van der Waals surface area contributed by atoms with Crippen LogP contribution in [0.1, 0.15) is 6.92 Å². The lowest BCUT2D eigenvalue weighted by atomic mass is 10.5. The second-order valence-corrected chi connectivity index (χ2v) is 1.58. The van der Waals surface area contributed by atoms with Crippen LogP contribution < -0.4 is 0 Å². The number of hydrogen-bond acceptors (Lipinski definition) is 3. The van der Waals surface area contributed by atoms with Crippen LogP contribution in [0.5, 0.6) is 0 Å². The third-order valence-corrected chi connectivity index (χ3v) is 0.682. The second kappa shape index (κ2) is 5.22. The van der Waals surface area contributed by atoms with E-state index in [-0.39, 0.29) is 0 Å². The van der Waals surface area contributed by atoms with Crippen molar-refractivity contribution < 1.29 is 19.4 Å². The van der Waals surface area contributed by atoms with Gasteiger partial charge in [0, 0.05) is 12.2 Å². The van der Waals surface area contributed by atoms with Crippen molar-refractivity contribution in [2.24, 2.45) is 0 Å². The highest BCUT2D eigenvalue weighted by molar-refractivity contribution is 5.90. The number of carbonyl (C=O) groups excluding carboxylic acids is 1. The fraction of sp³-hybridized carbons (Fsp3) is 0.143. The summed E-state index contributed by atoms with van der Waals surface area (Å²) in [4.78, 5) is 20.3. The monoisotopic (exact) mass is 156 g/mol. The molecule has 0 aliphatic carbocycles. The van der Waals surface area contributed by atoms with Crippen LogP contribution in [0.15, 0.2) is 24.5 Å². The molecule has 4 nitrogen and oxygen atoms in total. The van der Waals surface area contributed by atoms with Gasteiger partial charge in [-0.15, -0.1) is 0 Å². The first-order chi connectivity index (χ1) is 5.16. The van der Waals surface area contributed by atoms with E-state index in [4.69, 9.17) is 5.11 Å². The van der Waals surface area contributed by atoms with Gasteiger partial charge in [-0.1, -0.05) is 6.08 Å². The van der Waals surface area contributed by atoms with Gasteiger partial charge in [0.2, 0.25) is 0 Å². The predicted molar refractivity (Wildman–Crippen MR) is 37.7 cm³/mol. The van der Waals surface area contributed by atoms with Crippen LogP contribution in [0.3, 0.4) is 0 Å². The van der Waals surface area contributed by atoms with E-state index >= 15 is 0 Å². The molecule has 0 aromatic carbocycles. The molecule has 0 bridgehead atoms. The number of carboxylic acid groups (broad SMARTS) is 1. The lowest BCUT2D eigenvalue weighted by molar-refractivity contribution is -0.134. The molecule has 0 aromatic heterocycles. The molecule has 0 aliphatic rings. The average molecular weight is 156 g/mol. The number of esters is 1. The molecule has 0 rings (SSSR count). The van der Waals surface area contributed by atoms with Crippen molar-refractivity contribution >= 4 is 11.9 Å². The lowest BCUT2D eigenvalue weighted by Gasteiger charge is -1.88. The van der Waals surface area contributed by atoms with Crippen molar-refractivity contribution in [3.05, 3.63) is 24.5 Å². The number of allylic oxidation sites excluding steroid dienone is 1. The minimum atomic E-state index is -1.18. The first-order valence-electron chi connectivity index (χ1n) is 2.89. The molecule has 0 unspecified atom stereocenters. The van der Waals surface area contributed by atoms with E-state index in [0.29, 0.717) is 6.08 Å². The summed E-state index contributed by atoms with van der Waals surface area (Å²) in [5.74, 6) is -1.88. The zero-order valence-corrected chi connectivity index (χ0v) is 5.98. The normalized spacial score (nSPS) is 10.6. The molecule has 0 saturated heterocycles. The van der Waals surface area contributed by atoms with E-state index in [0.717, 1.165) is 6.08 Å². The summed E-state index contributed by atoms with van der Waals surface area (Å²) in [7, 11) is 0. The van der Waals surface area contributed by atoms with E-state index in [1.807, 2.05) is 0 Å². The van der Waals surface area contributed by atoms with Crippen molar-refractivity contribution in [3.8, 4) is 0 Å². The van der Waals surface area contributed by atoms with Crippen LogP contribution in [-0.2, 0) is 14.3 Å². The van der Waals surface area contributed by atoms with E-state index in [2.05, 4.69) is 4.74 Å². The maximum atomic E-state index is 10.5. The molecule has 0 spiro atoms. The highest BCUT2D eigenvalue weighted by Crippen LogP contribution is 1.82. The summed E-state index contributed by atoms with van der Waals surface area (Å²) < 4.78 is 4.37. The number of aliphatic carboxylic acids is 1. The summed E-state index contributed by atoms with van der Waals surface area (Å²) in [6, 6.07) is 0. The van der Waals surface area contributed by atoms with Gasteiger partial charge in [-0.2, -0.15) is 0 Å². The van der Waals surface area contributed by atoms with E-state index < -0.39 is 11.9 Å². The first-order valence-corrected chi connectivity index (χ1v) is 2.89. The Bertz CT molecular complexity index is 202.